The summed E-state index contributed by atoms with van der Waals surface area (Å²) in [7, 11) is 2.06. The van der Waals surface area contributed by atoms with Crippen LogP contribution in [0, 0.1) is 0 Å². The summed E-state index contributed by atoms with van der Waals surface area (Å²) in [6.07, 6.45) is 0. The number of piperazine rings is 1. The predicted octanol–water partition coefficient (Wildman–Crippen LogP) is 1.70. The fourth-order valence-corrected chi connectivity index (χ4v) is 2.52. The van der Waals surface area contributed by atoms with E-state index in [1.165, 1.54) is 0 Å². The van der Waals surface area contributed by atoms with Crippen LogP contribution in [0.5, 0.6) is 0 Å². The molecule has 2 rings (SSSR count). The zero-order valence-corrected chi connectivity index (χ0v) is 11.4. The third-order valence-corrected chi connectivity index (χ3v) is 3.77. The van der Waals surface area contributed by atoms with Crippen molar-refractivity contribution in [3.05, 3.63) is 28.8 Å². The number of rotatable bonds is 1. The third kappa shape index (κ3) is 2.44. The summed E-state index contributed by atoms with van der Waals surface area (Å²) in [5.41, 5.74) is 6.68. The van der Waals surface area contributed by atoms with E-state index in [0.29, 0.717) is 16.3 Å². The Morgan fingerprint density at radius 2 is 2.17 bits per heavy atom. The standard InChI is InChI=1S/C13H18ClN3O/c1-9-8-16(2)6-7-17(9)13(18)10-4-3-5-11(15)12(10)14/h3-5,9H,6-8,15H2,1-2H3. The molecule has 1 fully saturated rings. The Morgan fingerprint density at radius 1 is 1.44 bits per heavy atom. The molecule has 1 amide bonds. The van der Waals surface area contributed by atoms with Gasteiger partial charge in [-0.05, 0) is 26.1 Å². The monoisotopic (exact) mass is 267 g/mol. The number of carbonyl (C=O) groups is 1. The Labute approximate surface area is 112 Å². The summed E-state index contributed by atoms with van der Waals surface area (Å²) in [5.74, 6) is -0.0344. The number of hydrogen-bond donors (Lipinski definition) is 1. The molecule has 5 heteroatoms. The second-order valence-electron chi connectivity index (χ2n) is 4.82. The van der Waals surface area contributed by atoms with Crippen molar-refractivity contribution >= 4 is 23.2 Å². The average Bonchev–Trinajstić information content (AvgIpc) is 2.32. The maximum atomic E-state index is 12.5. The summed E-state index contributed by atoms with van der Waals surface area (Å²) in [6, 6.07) is 5.38. The molecular formula is C13H18ClN3O. The molecule has 0 saturated carbocycles. The highest BCUT2D eigenvalue weighted by Gasteiger charge is 2.27. The van der Waals surface area contributed by atoms with E-state index in [9.17, 15) is 4.79 Å². The second kappa shape index (κ2) is 5.16. The highest BCUT2D eigenvalue weighted by Crippen LogP contribution is 2.25. The van der Waals surface area contributed by atoms with Crippen molar-refractivity contribution in [2.75, 3.05) is 32.4 Å². The van der Waals surface area contributed by atoms with E-state index in [4.69, 9.17) is 17.3 Å². The van der Waals surface area contributed by atoms with Gasteiger partial charge in [0.2, 0.25) is 0 Å². The highest BCUT2D eigenvalue weighted by molar-refractivity contribution is 6.36. The summed E-state index contributed by atoms with van der Waals surface area (Å²) < 4.78 is 0. The lowest BCUT2D eigenvalue weighted by Gasteiger charge is -2.38. The van der Waals surface area contributed by atoms with Crippen LogP contribution in [-0.4, -0.2) is 48.4 Å². The van der Waals surface area contributed by atoms with Gasteiger partial charge in [-0.3, -0.25) is 4.79 Å². The molecule has 98 valence electrons. The number of halogens is 1. The van der Waals surface area contributed by atoms with Gasteiger partial charge in [0.25, 0.3) is 5.91 Å². The molecule has 1 heterocycles. The molecule has 0 radical (unpaired) electrons. The van der Waals surface area contributed by atoms with Gasteiger partial charge in [-0.1, -0.05) is 17.7 Å². The Balaban J connectivity index is 2.23. The van der Waals surface area contributed by atoms with Crippen LogP contribution in [0.1, 0.15) is 17.3 Å². The predicted molar refractivity (Wildman–Crippen MR) is 73.9 cm³/mol. The number of benzene rings is 1. The van der Waals surface area contributed by atoms with Crippen molar-refractivity contribution in [2.24, 2.45) is 0 Å². The van der Waals surface area contributed by atoms with E-state index in [2.05, 4.69) is 11.9 Å². The number of nitrogens with zero attached hydrogens (tertiary/aromatic N) is 2. The molecule has 1 saturated heterocycles. The first-order valence-corrected chi connectivity index (χ1v) is 6.42. The molecule has 0 spiro atoms. The van der Waals surface area contributed by atoms with Gasteiger partial charge in [-0.15, -0.1) is 0 Å². The second-order valence-corrected chi connectivity index (χ2v) is 5.20. The topological polar surface area (TPSA) is 49.6 Å². The Morgan fingerprint density at radius 3 is 2.83 bits per heavy atom. The fourth-order valence-electron chi connectivity index (χ4n) is 2.31. The van der Waals surface area contributed by atoms with Crippen molar-refractivity contribution in [1.29, 1.82) is 0 Å². The molecule has 1 aromatic carbocycles. The Hall–Kier alpha value is -1.26. The maximum Gasteiger partial charge on any atom is 0.255 e. The lowest BCUT2D eigenvalue weighted by atomic mass is 10.1. The molecule has 18 heavy (non-hydrogen) atoms. The minimum Gasteiger partial charge on any atom is -0.398 e. The van der Waals surface area contributed by atoms with Gasteiger partial charge in [-0.25, -0.2) is 0 Å². The molecule has 1 atom stereocenters. The van der Waals surface area contributed by atoms with Crippen LogP contribution in [0.15, 0.2) is 18.2 Å². The lowest BCUT2D eigenvalue weighted by molar-refractivity contribution is 0.0534. The van der Waals surface area contributed by atoms with E-state index < -0.39 is 0 Å². The number of nitrogen functional groups attached to an aromatic ring is 1. The van der Waals surface area contributed by atoms with Crippen molar-refractivity contribution in [3.63, 3.8) is 0 Å². The minimum absolute atomic E-state index is 0.0344. The summed E-state index contributed by atoms with van der Waals surface area (Å²) in [4.78, 5) is 16.5. The first kappa shape index (κ1) is 13.2. The van der Waals surface area contributed by atoms with Gasteiger partial charge in [0, 0.05) is 25.7 Å². The first-order chi connectivity index (χ1) is 8.50. The van der Waals surface area contributed by atoms with Crippen molar-refractivity contribution in [3.8, 4) is 0 Å². The minimum atomic E-state index is -0.0344. The van der Waals surface area contributed by atoms with Gasteiger partial charge < -0.3 is 15.5 Å². The van der Waals surface area contributed by atoms with Crippen molar-refractivity contribution < 1.29 is 4.79 Å². The van der Waals surface area contributed by atoms with Gasteiger partial charge in [0.05, 0.1) is 16.3 Å². The normalized spacial score (nSPS) is 21.1. The van der Waals surface area contributed by atoms with Crippen LogP contribution in [0.4, 0.5) is 5.69 Å². The summed E-state index contributed by atoms with van der Waals surface area (Å²) in [5, 5.41) is 0.355. The van der Waals surface area contributed by atoms with Crippen LogP contribution in [0.2, 0.25) is 5.02 Å². The van der Waals surface area contributed by atoms with Gasteiger partial charge in [0.1, 0.15) is 0 Å². The Kier molecular flexibility index (Phi) is 3.78. The molecule has 1 aromatic rings. The average molecular weight is 268 g/mol. The van der Waals surface area contributed by atoms with Crippen LogP contribution >= 0.6 is 11.6 Å². The summed E-state index contributed by atoms with van der Waals surface area (Å²) >= 11 is 6.10. The zero-order chi connectivity index (χ0) is 13.3. The van der Waals surface area contributed by atoms with Gasteiger partial charge in [-0.2, -0.15) is 0 Å². The molecular weight excluding hydrogens is 250 g/mol. The zero-order valence-electron chi connectivity index (χ0n) is 10.7. The van der Waals surface area contributed by atoms with Crippen LogP contribution < -0.4 is 5.73 Å². The van der Waals surface area contributed by atoms with E-state index in [-0.39, 0.29) is 11.9 Å². The molecule has 1 aliphatic heterocycles. The number of amides is 1. The first-order valence-electron chi connectivity index (χ1n) is 6.04. The van der Waals surface area contributed by atoms with Gasteiger partial charge >= 0.3 is 0 Å². The SMILES string of the molecule is CC1CN(C)CCN1C(=O)c1cccc(N)c1Cl. The smallest absolute Gasteiger partial charge is 0.255 e. The quantitative estimate of drug-likeness (QED) is 0.788. The van der Waals surface area contributed by atoms with Crippen molar-refractivity contribution in [1.82, 2.24) is 9.80 Å². The third-order valence-electron chi connectivity index (χ3n) is 3.35. The van der Waals surface area contributed by atoms with Crippen LogP contribution in [0.3, 0.4) is 0 Å². The van der Waals surface area contributed by atoms with E-state index in [1.807, 2.05) is 11.8 Å². The van der Waals surface area contributed by atoms with Crippen LogP contribution in [0.25, 0.3) is 0 Å². The largest absolute Gasteiger partial charge is 0.398 e. The molecule has 4 nitrogen and oxygen atoms in total. The van der Waals surface area contributed by atoms with Crippen LogP contribution in [-0.2, 0) is 0 Å². The number of anilines is 1. The number of hydrogen-bond acceptors (Lipinski definition) is 3. The number of carbonyl (C=O) groups excluding carboxylic acids is 1. The molecule has 1 unspecified atom stereocenters. The Bertz CT molecular complexity index is 464. The molecule has 0 aliphatic carbocycles. The maximum absolute atomic E-state index is 12.5. The van der Waals surface area contributed by atoms with E-state index >= 15 is 0 Å². The van der Waals surface area contributed by atoms with Gasteiger partial charge in [0.15, 0.2) is 0 Å². The fraction of sp³-hybridized carbons (Fsp3) is 0.462. The molecule has 0 aromatic heterocycles. The lowest BCUT2D eigenvalue weighted by Crippen LogP contribution is -2.52. The highest BCUT2D eigenvalue weighted by atomic mass is 35.5. The van der Waals surface area contributed by atoms with E-state index in [1.54, 1.807) is 18.2 Å². The van der Waals surface area contributed by atoms with Crippen molar-refractivity contribution in [2.45, 2.75) is 13.0 Å². The number of nitrogens with two attached hydrogens (primary N) is 1. The summed E-state index contributed by atoms with van der Waals surface area (Å²) in [6.45, 7) is 4.54. The van der Waals surface area contributed by atoms with E-state index in [0.717, 1.165) is 19.6 Å². The molecule has 0 bridgehead atoms. The molecule has 1 aliphatic rings. The number of likely N-dealkylation sites (N-methyl/N-ethyl adjacent to an activating group) is 1. The molecule has 2 N–H and O–H groups in total.